The van der Waals surface area contributed by atoms with Crippen molar-refractivity contribution < 1.29 is 4.74 Å². The third-order valence-electron chi connectivity index (χ3n) is 1.88. The lowest BCUT2D eigenvalue weighted by Gasteiger charge is -2.21. The number of nitrogens with two attached hydrogens (primary N) is 1. The highest BCUT2D eigenvalue weighted by Crippen LogP contribution is 2.26. The third-order valence-corrected chi connectivity index (χ3v) is 1.88. The summed E-state index contributed by atoms with van der Waals surface area (Å²) in [6.45, 7) is 2.95. The predicted molar refractivity (Wildman–Crippen MR) is 41.3 cm³/mol. The topological polar surface area (TPSA) is 53.1 Å². The van der Waals surface area contributed by atoms with Gasteiger partial charge in [0.1, 0.15) is 5.69 Å². The Bertz CT molecular complexity index is 269. The van der Waals surface area contributed by atoms with E-state index < -0.39 is 0 Å². The molecule has 2 rings (SSSR count). The highest BCUT2D eigenvalue weighted by atomic mass is 16.5. The van der Waals surface area contributed by atoms with E-state index >= 15 is 0 Å². The van der Waals surface area contributed by atoms with Crippen molar-refractivity contribution in [1.82, 2.24) is 9.78 Å². The molecule has 4 heteroatoms. The molecule has 0 fully saturated rings. The average molecular weight is 153 g/mol. The maximum absolute atomic E-state index is 5.62. The standard InChI is InChI=1S/C7H11N3O/c1-5-2-3-10-7(11-5)6(8)4-9-10/h4-5H,2-3,8H2,1H3/t5-/m1/s1. The Morgan fingerprint density at radius 1 is 1.82 bits per heavy atom. The van der Waals surface area contributed by atoms with E-state index in [2.05, 4.69) is 5.10 Å². The van der Waals surface area contributed by atoms with E-state index in [-0.39, 0.29) is 6.10 Å². The fourth-order valence-corrected chi connectivity index (χ4v) is 1.23. The molecule has 2 N–H and O–H groups in total. The number of rotatable bonds is 0. The molecule has 0 aromatic carbocycles. The van der Waals surface area contributed by atoms with Crippen LogP contribution in [0.1, 0.15) is 13.3 Å². The number of hydrogen-bond donors (Lipinski definition) is 1. The second-order valence-corrected chi connectivity index (χ2v) is 2.85. The number of fused-ring (bicyclic) bond motifs is 1. The highest BCUT2D eigenvalue weighted by molar-refractivity contribution is 5.46. The minimum Gasteiger partial charge on any atom is -0.473 e. The van der Waals surface area contributed by atoms with Crippen molar-refractivity contribution in [3.63, 3.8) is 0 Å². The largest absolute Gasteiger partial charge is 0.473 e. The first-order valence-electron chi connectivity index (χ1n) is 3.75. The van der Waals surface area contributed by atoms with Crippen LogP contribution in [-0.2, 0) is 6.54 Å². The van der Waals surface area contributed by atoms with Gasteiger partial charge in [0.2, 0.25) is 5.88 Å². The fraction of sp³-hybridized carbons (Fsp3) is 0.571. The molecule has 60 valence electrons. The van der Waals surface area contributed by atoms with Crippen molar-refractivity contribution in [2.45, 2.75) is 26.0 Å². The zero-order valence-electron chi connectivity index (χ0n) is 6.45. The van der Waals surface area contributed by atoms with Crippen molar-refractivity contribution in [2.75, 3.05) is 5.73 Å². The minimum absolute atomic E-state index is 0.265. The SMILES string of the molecule is C[C@@H]1CCn2ncc(N)c2O1. The van der Waals surface area contributed by atoms with E-state index in [4.69, 9.17) is 10.5 Å². The first kappa shape index (κ1) is 6.52. The van der Waals surface area contributed by atoms with E-state index in [1.165, 1.54) is 0 Å². The molecule has 0 aliphatic carbocycles. The number of hydrogen-bond acceptors (Lipinski definition) is 3. The smallest absolute Gasteiger partial charge is 0.235 e. The number of aromatic nitrogens is 2. The van der Waals surface area contributed by atoms with Crippen LogP contribution in [0.25, 0.3) is 0 Å². The van der Waals surface area contributed by atoms with Crippen LogP contribution in [0.15, 0.2) is 6.20 Å². The predicted octanol–water partition coefficient (Wildman–Crippen LogP) is 0.636. The zero-order valence-corrected chi connectivity index (χ0v) is 6.45. The molecule has 0 spiro atoms. The monoisotopic (exact) mass is 153 g/mol. The van der Waals surface area contributed by atoms with Gasteiger partial charge in [-0.25, -0.2) is 4.68 Å². The molecule has 0 saturated carbocycles. The summed E-state index contributed by atoms with van der Waals surface area (Å²) in [7, 11) is 0. The molecule has 0 amide bonds. The van der Waals surface area contributed by atoms with Gasteiger partial charge in [-0.1, -0.05) is 0 Å². The quantitative estimate of drug-likeness (QED) is 0.595. The molecular weight excluding hydrogens is 142 g/mol. The van der Waals surface area contributed by atoms with Gasteiger partial charge in [0.25, 0.3) is 0 Å². The van der Waals surface area contributed by atoms with Crippen LogP contribution >= 0.6 is 0 Å². The third kappa shape index (κ3) is 0.943. The van der Waals surface area contributed by atoms with Crippen molar-refractivity contribution in [1.29, 1.82) is 0 Å². The summed E-state index contributed by atoms with van der Waals surface area (Å²) in [6.07, 6.45) is 2.91. The van der Waals surface area contributed by atoms with Gasteiger partial charge in [0.05, 0.1) is 12.3 Å². The van der Waals surface area contributed by atoms with E-state index in [0.29, 0.717) is 5.69 Å². The van der Waals surface area contributed by atoms with Crippen LogP contribution < -0.4 is 10.5 Å². The first-order chi connectivity index (χ1) is 5.27. The zero-order chi connectivity index (χ0) is 7.84. The summed E-state index contributed by atoms with van der Waals surface area (Å²) in [5, 5.41) is 4.06. The molecule has 1 aliphatic rings. The van der Waals surface area contributed by atoms with Gasteiger partial charge in [0.15, 0.2) is 0 Å². The Balaban J connectivity index is 2.37. The van der Waals surface area contributed by atoms with Gasteiger partial charge in [-0.15, -0.1) is 0 Å². The Morgan fingerprint density at radius 3 is 3.45 bits per heavy atom. The van der Waals surface area contributed by atoms with Crippen LogP contribution in [0, 0.1) is 0 Å². The molecule has 0 bridgehead atoms. The molecule has 0 unspecified atom stereocenters. The normalized spacial score (nSPS) is 22.5. The Morgan fingerprint density at radius 2 is 2.64 bits per heavy atom. The van der Waals surface area contributed by atoms with Crippen LogP contribution in [0.3, 0.4) is 0 Å². The highest BCUT2D eigenvalue weighted by Gasteiger charge is 2.18. The number of nitrogen functional groups attached to an aromatic ring is 1. The van der Waals surface area contributed by atoms with Crippen molar-refractivity contribution >= 4 is 5.69 Å². The van der Waals surface area contributed by atoms with Gasteiger partial charge in [-0.2, -0.15) is 5.10 Å². The summed E-state index contributed by atoms with van der Waals surface area (Å²) in [5.41, 5.74) is 6.25. The van der Waals surface area contributed by atoms with Crippen LogP contribution in [0.4, 0.5) is 5.69 Å². The lowest BCUT2D eigenvalue weighted by Crippen LogP contribution is -2.23. The average Bonchev–Trinajstić information content (AvgIpc) is 2.33. The van der Waals surface area contributed by atoms with E-state index in [1.54, 1.807) is 10.9 Å². The maximum atomic E-state index is 5.62. The van der Waals surface area contributed by atoms with E-state index in [1.807, 2.05) is 6.92 Å². The number of aryl methyl sites for hydroxylation is 1. The summed E-state index contributed by atoms with van der Waals surface area (Å²) in [5.74, 6) is 0.726. The van der Waals surface area contributed by atoms with Crippen LogP contribution in [0.2, 0.25) is 0 Å². The van der Waals surface area contributed by atoms with Gasteiger partial charge in [0, 0.05) is 13.0 Å². The van der Waals surface area contributed by atoms with Crippen molar-refractivity contribution in [2.24, 2.45) is 0 Å². The molecule has 1 aliphatic heterocycles. The van der Waals surface area contributed by atoms with Crippen molar-refractivity contribution in [3.05, 3.63) is 6.20 Å². The summed E-state index contributed by atoms with van der Waals surface area (Å²) in [6, 6.07) is 0. The van der Waals surface area contributed by atoms with Crippen LogP contribution in [-0.4, -0.2) is 15.9 Å². The molecule has 4 nitrogen and oxygen atoms in total. The Labute approximate surface area is 64.9 Å². The summed E-state index contributed by atoms with van der Waals surface area (Å²) in [4.78, 5) is 0. The number of nitrogens with zero attached hydrogens (tertiary/aromatic N) is 2. The molecule has 1 aromatic rings. The lowest BCUT2D eigenvalue weighted by molar-refractivity contribution is 0.150. The van der Waals surface area contributed by atoms with Gasteiger partial charge < -0.3 is 10.5 Å². The molecule has 11 heavy (non-hydrogen) atoms. The molecule has 2 heterocycles. The van der Waals surface area contributed by atoms with Crippen LogP contribution in [0.5, 0.6) is 5.88 Å². The Kier molecular flexibility index (Phi) is 1.27. The minimum atomic E-state index is 0.265. The molecule has 0 radical (unpaired) electrons. The molecule has 0 saturated heterocycles. The first-order valence-corrected chi connectivity index (χ1v) is 3.75. The maximum Gasteiger partial charge on any atom is 0.235 e. The van der Waals surface area contributed by atoms with E-state index in [0.717, 1.165) is 18.8 Å². The second-order valence-electron chi connectivity index (χ2n) is 2.85. The van der Waals surface area contributed by atoms with E-state index in [9.17, 15) is 0 Å². The second kappa shape index (κ2) is 2.15. The summed E-state index contributed by atoms with van der Waals surface area (Å²) >= 11 is 0. The number of ether oxygens (including phenoxy) is 1. The molecule has 1 aromatic heterocycles. The molecule has 1 atom stereocenters. The lowest BCUT2D eigenvalue weighted by atomic mass is 10.2. The number of anilines is 1. The fourth-order valence-electron chi connectivity index (χ4n) is 1.23. The molecular formula is C7H11N3O. The van der Waals surface area contributed by atoms with Gasteiger partial charge in [-0.3, -0.25) is 0 Å². The summed E-state index contributed by atoms with van der Waals surface area (Å²) < 4.78 is 7.28. The van der Waals surface area contributed by atoms with Gasteiger partial charge >= 0.3 is 0 Å². The van der Waals surface area contributed by atoms with Crippen molar-refractivity contribution in [3.8, 4) is 5.88 Å². The van der Waals surface area contributed by atoms with Gasteiger partial charge in [-0.05, 0) is 6.92 Å². The Hall–Kier alpha value is -1.19.